The molecule has 0 fully saturated rings. The number of carbonyl (C=O) groups excluding carboxylic acids is 2. The summed E-state index contributed by atoms with van der Waals surface area (Å²) < 4.78 is 0. The van der Waals surface area contributed by atoms with E-state index in [-0.39, 0.29) is 24.4 Å². The van der Waals surface area contributed by atoms with Gasteiger partial charge < -0.3 is 10.6 Å². The third kappa shape index (κ3) is 5.26. The van der Waals surface area contributed by atoms with Gasteiger partial charge >= 0.3 is 0 Å². The molecule has 100 valence electrons. The number of hydrogen-bond acceptors (Lipinski definition) is 2. The molecule has 2 amide bonds. The predicted octanol–water partition coefficient (Wildman–Crippen LogP) is 1.33. The van der Waals surface area contributed by atoms with Crippen molar-refractivity contribution < 1.29 is 9.59 Å². The molecule has 4 nitrogen and oxygen atoms in total. The van der Waals surface area contributed by atoms with Crippen molar-refractivity contribution in [2.45, 2.75) is 25.8 Å². The lowest BCUT2D eigenvalue weighted by Gasteiger charge is -2.12. The molecule has 0 saturated heterocycles. The number of carbonyl (C=O) groups is 2. The van der Waals surface area contributed by atoms with Gasteiger partial charge in [0.1, 0.15) is 0 Å². The minimum absolute atomic E-state index is 0.0738. The number of nitrogens with one attached hydrogen (secondary N) is 2. The predicted molar refractivity (Wildman–Crippen MR) is 74.4 cm³/mol. The van der Waals surface area contributed by atoms with Crippen LogP contribution in [0.4, 0.5) is 0 Å². The molecule has 2 N–H and O–H groups in total. The molecule has 0 unspecified atom stereocenters. The molecule has 0 radical (unpaired) electrons. The topological polar surface area (TPSA) is 58.2 Å². The Bertz CT molecular complexity index is 463. The standard InChI is InChI=1S/C15H18N2O2/c1-3-8-13(4-2)17-14(18)11-16-15(19)12-9-6-5-7-10-12/h2,5-7,9-10,13H,3,8,11H2,1H3,(H,16,19)(H,17,18)/t13-/m0/s1. The maximum Gasteiger partial charge on any atom is 0.251 e. The first-order valence-electron chi connectivity index (χ1n) is 6.26. The average Bonchev–Trinajstić information content (AvgIpc) is 2.45. The van der Waals surface area contributed by atoms with Crippen LogP contribution in [0.15, 0.2) is 30.3 Å². The van der Waals surface area contributed by atoms with Crippen LogP contribution in [0.5, 0.6) is 0 Å². The smallest absolute Gasteiger partial charge is 0.251 e. The van der Waals surface area contributed by atoms with Crippen molar-refractivity contribution in [1.29, 1.82) is 0 Å². The molecule has 0 saturated carbocycles. The Morgan fingerprint density at radius 1 is 1.32 bits per heavy atom. The fourth-order valence-corrected chi connectivity index (χ4v) is 1.58. The van der Waals surface area contributed by atoms with Crippen molar-refractivity contribution in [3.05, 3.63) is 35.9 Å². The van der Waals surface area contributed by atoms with Gasteiger partial charge in [0.05, 0.1) is 12.6 Å². The first-order valence-corrected chi connectivity index (χ1v) is 6.26. The first kappa shape index (κ1) is 14.8. The van der Waals surface area contributed by atoms with E-state index in [1.807, 2.05) is 13.0 Å². The fraction of sp³-hybridized carbons (Fsp3) is 0.333. The lowest BCUT2D eigenvalue weighted by Crippen LogP contribution is -2.41. The molecule has 0 aromatic heterocycles. The number of amides is 2. The summed E-state index contributed by atoms with van der Waals surface area (Å²) in [6.45, 7) is 1.92. The zero-order valence-corrected chi connectivity index (χ0v) is 11.0. The Morgan fingerprint density at radius 2 is 2.00 bits per heavy atom. The van der Waals surface area contributed by atoms with Gasteiger partial charge in [-0.1, -0.05) is 37.5 Å². The van der Waals surface area contributed by atoms with Crippen LogP contribution in [-0.2, 0) is 4.79 Å². The molecule has 0 heterocycles. The zero-order chi connectivity index (χ0) is 14.1. The second-order valence-electron chi connectivity index (χ2n) is 4.12. The maximum atomic E-state index is 11.7. The molecular weight excluding hydrogens is 240 g/mol. The minimum Gasteiger partial charge on any atom is -0.343 e. The highest BCUT2D eigenvalue weighted by Crippen LogP contribution is 1.97. The Kier molecular flexibility index (Phi) is 6.17. The van der Waals surface area contributed by atoms with Crippen molar-refractivity contribution >= 4 is 11.8 Å². The van der Waals surface area contributed by atoms with Gasteiger partial charge in [-0.3, -0.25) is 9.59 Å². The van der Waals surface area contributed by atoms with E-state index in [9.17, 15) is 9.59 Å². The van der Waals surface area contributed by atoms with E-state index in [0.717, 1.165) is 12.8 Å². The quantitative estimate of drug-likeness (QED) is 0.756. The lowest BCUT2D eigenvalue weighted by molar-refractivity contribution is -0.120. The summed E-state index contributed by atoms with van der Waals surface area (Å²) in [4.78, 5) is 23.3. The summed E-state index contributed by atoms with van der Waals surface area (Å²) in [5.74, 6) is 1.96. The second-order valence-corrected chi connectivity index (χ2v) is 4.12. The summed E-state index contributed by atoms with van der Waals surface area (Å²) >= 11 is 0. The van der Waals surface area contributed by atoms with Crippen molar-refractivity contribution in [1.82, 2.24) is 10.6 Å². The molecule has 0 bridgehead atoms. The molecule has 1 aromatic rings. The fourth-order valence-electron chi connectivity index (χ4n) is 1.58. The van der Waals surface area contributed by atoms with E-state index in [4.69, 9.17) is 6.42 Å². The SMILES string of the molecule is C#C[C@@H](CCC)NC(=O)CNC(=O)c1ccccc1. The van der Waals surface area contributed by atoms with Gasteiger partial charge in [0, 0.05) is 5.56 Å². The van der Waals surface area contributed by atoms with Gasteiger partial charge in [0.15, 0.2) is 0 Å². The van der Waals surface area contributed by atoms with E-state index >= 15 is 0 Å². The highest BCUT2D eigenvalue weighted by atomic mass is 16.2. The highest BCUT2D eigenvalue weighted by molar-refractivity contribution is 5.96. The van der Waals surface area contributed by atoms with E-state index in [0.29, 0.717) is 5.56 Å². The van der Waals surface area contributed by atoms with Gasteiger partial charge in [-0.15, -0.1) is 6.42 Å². The average molecular weight is 258 g/mol. The third-order valence-electron chi connectivity index (χ3n) is 2.56. The van der Waals surface area contributed by atoms with Crippen molar-refractivity contribution in [3.63, 3.8) is 0 Å². The van der Waals surface area contributed by atoms with Crippen LogP contribution in [0.2, 0.25) is 0 Å². The Morgan fingerprint density at radius 3 is 2.58 bits per heavy atom. The Balaban J connectivity index is 2.38. The maximum absolute atomic E-state index is 11.7. The van der Waals surface area contributed by atoms with Crippen LogP contribution < -0.4 is 10.6 Å². The number of hydrogen-bond donors (Lipinski definition) is 2. The van der Waals surface area contributed by atoms with Crippen LogP contribution in [0.1, 0.15) is 30.1 Å². The van der Waals surface area contributed by atoms with Gasteiger partial charge in [0.2, 0.25) is 5.91 Å². The van der Waals surface area contributed by atoms with Crippen LogP contribution in [-0.4, -0.2) is 24.4 Å². The van der Waals surface area contributed by atoms with Crippen molar-refractivity contribution in [3.8, 4) is 12.3 Å². The Labute approximate surface area is 113 Å². The molecule has 0 aliphatic heterocycles. The molecule has 1 rings (SSSR count). The largest absolute Gasteiger partial charge is 0.343 e. The van der Waals surface area contributed by atoms with Crippen LogP contribution in [0.25, 0.3) is 0 Å². The molecule has 0 aliphatic rings. The van der Waals surface area contributed by atoms with Crippen molar-refractivity contribution in [2.24, 2.45) is 0 Å². The van der Waals surface area contributed by atoms with Gasteiger partial charge in [0.25, 0.3) is 5.91 Å². The summed E-state index contributed by atoms with van der Waals surface area (Å²) in [5.41, 5.74) is 0.525. The normalized spacial score (nSPS) is 11.2. The van der Waals surface area contributed by atoms with Gasteiger partial charge in [-0.2, -0.15) is 0 Å². The van der Waals surface area contributed by atoms with Crippen LogP contribution in [0.3, 0.4) is 0 Å². The zero-order valence-electron chi connectivity index (χ0n) is 11.0. The number of terminal acetylenes is 1. The monoisotopic (exact) mass is 258 g/mol. The highest BCUT2D eigenvalue weighted by Gasteiger charge is 2.10. The molecule has 1 atom stereocenters. The third-order valence-corrected chi connectivity index (χ3v) is 2.56. The molecule has 0 spiro atoms. The summed E-state index contributed by atoms with van der Waals surface area (Å²) in [6, 6.07) is 8.47. The van der Waals surface area contributed by atoms with E-state index in [1.54, 1.807) is 24.3 Å². The van der Waals surface area contributed by atoms with Crippen molar-refractivity contribution in [2.75, 3.05) is 6.54 Å². The summed E-state index contributed by atoms with van der Waals surface area (Å²) in [5, 5.41) is 5.24. The second kappa shape index (κ2) is 7.93. The molecule has 4 heteroatoms. The number of benzene rings is 1. The molecule has 19 heavy (non-hydrogen) atoms. The lowest BCUT2D eigenvalue weighted by atomic mass is 10.2. The van der Waals surface area contributed by atoms with E-state index in [2.05, 4.69) is 16.6 Å². The van der Waals surface area contributed by atoms with Crippen LogP contribution in [0, 0.1) is 12.3 Å². The van der Waals surface area contributed by atoms with Crippen LogP contribution >= 0.6 is 0 Å². The molecular formula is C15H18N2O2. The van der Waals surface area contributed by atoms with Gasteiger partial charge in [-0.05, 0) is 18.6 Å². The summed E-state index contributed by atoms with van der Waals surface area (Å²) in [7, 11) is 0. The minimum atomic E-state index is -0.277. The van der Waals surface area contributed by atoms with E-state index in [1.165, 1.54) is 0 Å². The first-order chi connectivity index (χ1) is 9.17. The Hall–Kier alpha value is -2.28. The van der Waals surface area contributed by atoms with E-state index < -0.39 is 0 Å². The molecule has 0 aliphatic carbocycles. The summed E-state index contributed by atoms with van der Waals surface area (Å²) in [6.07, 6.45) is 6.93. The number of rotatable bonds is 6. The van der Waals surface area contributed by atoms with Gasteiger partial charge in [-0.25, -0.2) is 0 Å². The molecule has 1 aromatic carbocycles.